The van der Waals surface area contributed by atoms with Gasteiger partial charge in [-0.2, -0.15) is 0 Å². The first-order valence-corrected chi connectivity index (χ1v) is 10.8. The highest BCUT2D eigenvalue weighted by molar-refractivity contribution is 9.12. The van der Waals surface area contributed by atoms with Gasteiger partial charge >= 0.3 is 0 Å². The first-order valence-electron chi connectivity index (χ1n) is 7.16. The summed E-state index contributed by atoms with van der Waals surface area (Å²) in [6.45, 7) is 5.97. The lowest BCUT2D eigenvalue weighted by Gasteiger charge is -2.20. The fourth-order valence-corrected chi connectivity index (χ4v) is 3.52. The lowest BCUT2D eigenvalue weighted by Crippen LogP contribution is -2.25. The van der Waals surface area contributed by atoms with E-state index in [0.29, 0.717) is 19.3 Å². The predicted molar refractivity (Wildman–Crippen MR) is 101 cm³/mol. The van der Waals surface area contributed by atoms with Crippen molar-refractivity contribution in [3.63, 3.8) is 0 Å². The molecule has 0 saturated heterocycles. The molecule has 0 aliphatic carbocycles. The van der Waals surface area contributed by atoms with Crippen LogP contribution in [-0.4, -0.2) is 32.5 Å². The zero-order valence-electron chi connectivity index (χ0n) is 11.9. The van der Waals surface area contributed by atoms with E-state index >= 15 is 0 Å². The average molecular weight is 530 g/mol. The van der Waals surface area contributed by atoms with Gasteiger partial charge in [0.25, 0.3) is 0 Å². The molecular weight excluding hydrogens is 504 g/mol. The fourth-order valence-electron chi connectivity index (χ4n) is 1.66. The number of rotatable bonds is 12. The average Bonchev–Trinajstić information content (AvgIpc) is 2.41. The van der Waals surface area contributed by atoms with Crippen LogP contribution in [0, 0.1) is 0 Å². The lowest BCUT2D eigenvalue weighted by molar-refractivity contribution is 0.137. The van der Waals surface area contributed by atoms with Crippen molar-refractivity contribution in [2.75, 3.05) is 13.2 Å². The molecule has 116 valence electrons. The van der Waals surface area contributed by atoms with E-state index in [1.165, 1.54) is 38.5 Å². The Hall–Kier alpha value is 1.88. The Morgan fingerprint density at radius 1 is 0.684 bits per heavy atom. The molecule has 0 aromatic carbocycles. The molecule has 0 amide bonds. The number of halogens is 4. The monoisotopic (exact) mass is 526 g/mol. The predicted octanol–water partition coefficient (Wildman–Crippen LogP) is 6.44. The number of hydrogen-bond donors (Lipinski definition) is 0. The highest BCUT2D eigenvalue weighted by Crippen LogP contribution is 2.23. The summed E-state index contributed by atoms with van der Waals surface area (Å²) in [6.07, 6.45) is 7.42. The second-order valence-electron chi connectivity index (χ2n) is 4.89. The molecule has 0 N–H and O–H groups in total. The number of ether oxygens (including phenoxy) is 1. The van der Waals surface area contributed by atoms with Gasteiger partial charge < -0.3 is 4.74 Å². The summed E-state index contributed by atoms with van der Waals surface area (Å²) in [5, 5.41) is 0. The van der Waals surface area contributed by atoms with Crippen molar-refractivity contribution in [2.24, 2.45) is 0 Å². The van der Waals surface area contributed by atoms with Crippen molar-refractivity contribution in [2.45, 2.75) is 71.7 Å². The molecular formula is C14H26Br4O. The summed E-state index contributed by atoms with van der Waals surface area (Å²) in [5.41, 5.74) is 0. The van der Waals surface area contributed by atoms with E-state index in [9.17, 15) is 0 Å². The van der Waals surface area contributed by atoms with Crippen molar-refractivity contribution in [3.05, 3.63) is 0 Å². The molecule has 1 nitrogen and oxygen atoms in total. The molecule has 5 heteroatoms. The largest absolute Gasteiger partial charge is 0.379 e. The van der Waals surface area contributed by atoms with Gasteiger partial charge in [-0.15, -0.1) is 0 Å². The van der Waals surface area contributed by atoms with Gasteiger partial charge in [0, 0.05) is 9.65 Å². The molecule has 0 aromatic rings. The third-order valence-corrected chi connectivity index (χ3v) is 8.42. The molecule has 0 bridgehead atoms. The quantitative estimate of drug-likeness (QED) is 0.264. The van der Waals surface area contributed by atoms with Gasteiger partial charge in [-0.25, -0.2) is 0 Å². The van der Waals surface area contributed by atoms with Crippen LogP contribution >= 0.6 is 63.7 Å². The molecule has 0 aromatic heterocycles. The fraction of sp³-hybridized carbons (Fsp3) is 1.00. The summed E-state index contributed by atoms with van der Waals surface area (Å²) in [7, 11) is 0. The number of hydrogen-bond acceptors (Lipinski definition) is 1. The SMILES string of the molecule is CCCCC(Br)C(Br)COCC(Br)C(Br)CCCC. The van der Waals surface area contributed by atoms with E-state index in [0.717, 1.165) is 13.2 Å². The standard InChI is InChI=1S/C14H26Br4O/c1-3-5-7-11(15)13(17)9-19-10-14(18)12(16)8-6-4-2/h11-14H,3-10H2,1-2H3. The zero-order chi connectivity index (χ0) is 14.7. The topological polar surface area (TPSA) is 9.23 Å². The molecule has 0 spiro atoms. The van der Waals surface area contributed by atoms with Crippen LogP contribution in [0.5, 0.6) is 0 Å². The van der Waals surface area contributed by atoms with E-state index in [2.05, 4.69) is 77.6 Å². The minimum absolute atomic E-state index is 0.392. The highest BCUT2D eigenvalue weighted by atomic mass is 79.9. The molecule has 0 aliphatic heterocycles. The molecule has 4 unspecified atom stereocenters. The maximum Gasteiger partial charge on any atom is 0.0602 e. The van der Waals surface area contributed by atoms with Crippen LogP contribution < -0.4 is 0 Å². The number of alkyl halides is 4. The minimum atomic E-state index is 0.392. The van der Waals surface area contributed by atoms with E-state index in [1.54, 1.807) is 0 Å². The van der Waals surface area contributed by atoms with Crippen LogP contribution in [0.25, 0.3) is 0 Å². The molecule has 0 heterocycles. The van der Waals surface area contributed by atoms with Crippen molar-refractivity contribution in [1.29, 1.82) is 0 Å². The summed E-state index contributed by atoms with van der Waals surface area (Å²) in [5.74, 6) is 0. The Morgan fingerprint density at radius 2 is 1.05 bits per heavy atom. The van der Waals surface area contributed by atoms with Crippen molar-refractivity contribution < 1.29 is 4.74 Å². The van der Waals surface area contributed by atoms with Gasteiger partial charge in [0.05, 0.1) is 22.9 Å². The van der Waals surface area contributed by atoms with Crippen molar-refractivity contribution >= 4 is 63.7 Å². The van der Waals surface area contributed by atoms with Crippen LogP contribution in [0.3, 0.4) is 0 Å². The van der Waals surface area contributed by atoms with Crippen LogP contribution in [-0.2, 0) is 4.74 Å². The Bertz CT molecular complexity index is 184. The summed E-state index contributed by atoms with van der Waals surface area (Å²) in [6, 6.07) is 0. The van der Waals surface area contributed by atoms with Crippen LogP contribution in [0.15, 0.2) is 0 Å². The smallest absolute Gasteiger partial charge is 0.0602 e. The van der Waals surface area contributed by atoms with Gasteiger partial charge in [-0.1, -0.05) is 103 Å². The molecule has 0 saturated carbocycles. The third-order valence-electron chi connectivity index (χ3n) is 3.01. The maximum atomic E-state index is 5.81. The first kappa shape index (κ1) is 20.9. The molecule has 0 radical (unpaired) electrons. The lowest BCUT2D eigenvalue weighted by atomic mass is 10.1. The van der Waals surface area contributed by atoms with E-state index in [-0.39, 0.29) is 0 Å². The Labute approximate surface area is 152 Å². The number of unbranched alkanes of at least 4 members (excludes halogenated alkanes) is 2. The molecule has 4 atom stereocenters. The summed E-state index contributed by atoms with van der Waals surface area (Å²) >= 11 is 14.9. The normalized spacial score (nSPS) is 18.0. The van der Waals surface area contributed by atoms with Crippen molar-refractivity contribution in [3.8, 4) is 0 Å². The second-order valence-corrected chi connectivity index (χ2v) is 9.59. The van der Waals surface area contributed by atoms with Gasteiger partial charge in [-0.05, 0) is 12.8 Å². The Morgan fingerprint density at radius 3 is 1.37 bits per heavy atom. The minimum Gasteiger partial charge on any atom is -0.379 e. The van der Waals surface area contributed by atoms with Crippen molar-refractivity contribution in [1.82, 2.24) is 0 Å². The Balaban J connectivity index is 3.70. The van der Waals surface area contributed by atoms with Gasteiger partial charge in [0.15, 0.2) is 0 Å². The second kappa shape index (κ2) is 13.5. The van der Waals surface area contributed by atoms with E-state index in [4.69, 9.17) is 4.74 Å². The van der Waals surface area contributed by atoms with Crippen LogP contribution in [0.1, 0.15) is 52.4 Å². The van der Waals surface area contributed by atoms with Gasteiger partial charge in [0.2, 0.25) is 0 Å². The molecule has 19 heavy (non-hydrogen) atoms. The van der Waals surface area contributed by atoms with Crippen LogP contribution in [0.4, 0.5) is 0 Å². The third kappa shape index (κ3) is 11.1. The molecule has 0 fully saturated rings. The summed E-state index contributed by atoms with van der Waals surface area (Å²) in [4.78, 5) is 1.79. The molecule has 0 aliphatic rings. The van der Waals surface area contributed by atoms with Gasteiger partial charge in [-0.3, -0.25) is 0 Å². The van der Waals surface area contributed by atoms with Gasteiger partial charge in [0.1, 0.15) is 0 Å². The van der Waals surface area contributed by atoms with E-state index < -0.39 is 0 Å². The highest BCUT2D eigenvalue weighted by Gasteiger charge is 2.18. The molecule has 0 rings (SSSR count). The maximum absolute atomic E-state index is 5.81. The Kier molecular flexibility index (Phi) is 14.9. The van der Waals surface area contributed by atoms with E-state index in [1.807, 2.05) is 0 Å². The summed E-state index contributed by atoms with van der Waals surface area (Å²) < 4.78 is 5.81. The first-order chi connectivity index (χ1) is 9.02. The van der Waals surface area contributed by atoms with Crippen LogP contribution in [0.2, 0.25) is 0 Å². The zero-order valence-corrected chi connectivity index (χ0v) is 18.2.